The second-order valence-corrected chi connectivity index (χ2v) is 16.5. The van der Waals surface area contributed by atoms with Crippen molar-refractivity contribution in [2.24, 2.45) is 11.8 Å². The van der Waals surface area contributed by atoms with Gasteiger partial charge in [-0.2, -0.15) is 0 Å². The number of para-hydroxylation sites is 1. The van der Waals surface area contributed by atoms with Gasteiger partial charge in [0.25, 0.3) is 15.9 Å². The lowest BCUT2D eigenvalue weighted by Crippen LogP contribution is -2.64. The molecule has 5 rings (SSSR count). The van der Waals surface area contributed by atoms with Gasteiger partial charge >= 0.3 is 6.09 Å². The number of rotatable bonds is 11. The first-order chi connectivity index (χ1) is 23.9. The maximum Gasteiger partial charge on any atom is 0.408 e. The fourth-order valence-corrected chi connectivity index (χ4v) is 7.68. The van der Waals surface area contributed by atoms with Crippen LogP contribution in [0.15, 0.2) is 72.3 Å². The Balaban J connectivity index is 1.39. The van der Waals surface area contributed by atoms with Gasteiger partial charge in [0.2, 0.25) is 11.8 Å². The summed E-state index contributed by atoms with van der Waals surface area (Å²) in [6.45, 7) is 13.4. The molecule has 1 saturated heterocycles. The number of H-pyrrole nitrogens is 1. The number of halogens is 1. The summed E-state index contributed by atoms with van der Waals surface area (Å²) < 4.78 is 34.6. The number of nitrogens with one attached hydrogen (secondary N) is 4. The first-order valence-corrected chi connectivity index (χ1v) is 18.6. The van der Waals surface area contributed by atoms with E-state index in [2.05, 4.69) is 26.9 Å². The van der Waals surface area contributed by atoms with Crippen molar-refractivity contribution in [3.63, 3.8) is 0 Å². The van der Waals surface area contributed by atoms with Gasteiger partial charge in [-0.15, -0.1) is 6.58 Å². The van der Waals surface area contributed by atoms with Gasteiger partial charge < -0.3 is 25.3 Å². The van der Waals surface area contributed by atoms with Crippen LogP contribution in [0.2, 0.25) is 5.02 Å². The lowest BCUT2D eigenvalue weighted by molar-refractivity contribution is -0.142. The first kappa shape index (κ1) is 37.8. The molecule has 4 amide bonds. The number of benzene rings is 2. The summed E-state index contributed by atoms with van der Waals surface area (Å²) in [6, 6.07) is 11.7. The zero-order valence-electron chi connectivity index (χ0n) is 29.4. The molecule has 13 nitrogen and oxygen atoms in total. The van der Waals surface area contributed by atoms with Gasteiger partial charge in [0.05, 0.1) is 5.52 Å². The van der Waals surface area contributed by atoms with Gasteiger partial charge in [0, 0.05) is 48.7 Å². The Morgan fingerprint density at radius 3 is 2.43 bits per heavy atom. The summed E-state index contributed by atoms with van der Waals surface area (Å²) in [5.74, 6) is -2.67. The lowest BCUT2D eigenvalue weighted by atomic mass is 10.0. The second-order valence-electron chi connectivity index (χ2n) is 14.4. The first-order valence-electron chi connectivity index (χ1n) is 16.8. The number of aromatic amines is 1. The van der Waals surface area contributed by atoms with Crippen molar-refractivity contribution in [1.82, 2.24) is 30.1 Å². The summed E-state index contributed by atoms with van der Waals surface area (Å²) in [6.07, 6.45) is 2.52. The maximum atomic E-state index is 14.3. The molecular formula is C36H45ClN6O7S. The van der Waals surface area contributed by atoms with Crippen LogP contribution in [0, 0.1) is 11.8 Å². The van der Waals surface area contributed by atoms with Crippen molar-refractivity contribution in [3.05, 3.63) is 78.0 Å². The van der Waals surface area contributed by atoms with E-state index in [1.54, 1.807) is 71.1 Å². The van der Waals surface area contributed by atoms with Gasteiger partial charge in [-0.3, -0.25) is 19.3 Å². The molecule has 274 valence electrons. The van der Waals surface area contributed by atoms with Crippen LogP contribution in [0.3, 0.4) is 0 Å². The summed E-state index contributed by atoms with van der Waals surface area (Å²) in [4.78, 5) is 60.9. The molecule has 2 aliphatic rings. The third-order valence-corrected chi connectivity index (χ3v) is 10.8. The Bertz CT molecular complexity index is 1920. The fourth-order valence-electron chi connectivity index (χ4n) is 6.31. The summed E-state index contributed by atoms with van der Waals surface area (Å²) in [5, 5.41) is 6.75. The van der Waals surface area contributed by atoms with E-state index < -0.39 is 57.1 Å². The van der Waals surface area contributed by atoms with Crippen LogP contribution >= 0.6 is 11.6 Å². The number of sulfonamides is 1. The smallest absolute Gasteiger partial charge is 0.408 e. The van der Waals surface area contributed by atoms with Gasteiger partial charge in [0.15, 0.2) is 0 Å². The Kier molecular flexibility index (Phi) is 10.9. The number of amides is 4. The fraction of sp³-hybridized carbons (Fsp3) is 0.444. The number of alkyl carbamates (subject to hydrolysis) is 1. The SMILES string of the molecule is C=C[C@@H]1C[C@]1(NC(=O)[C@@H]1CN(C(=O)[C@@H](NC(=O)OC(C)(C)C)C(C)C)CCN1Cc1ccc(Cl)cc1)C(=O)NS(=O)(=O)c1cccc2cc[nH]c12. The molecule has 51 heavy (non-hydrogen) atoms. The van der Waals surface area contributed by atoms with Crippen LogP contribution in [0.4, 0.5) is 4.79 Å². The van der Waals surface area contributed by atoms with Crippen LogP contribution in [0.25, 0.3) is 10.9 Å². The molecule has 0 unspecified atom stereocenters. The highest BCUT2D eigenvalue weighted by atomic mass is 35.5. The maximum absolute atomic E-state index is 14.3. The van der Waals surface area contributed by atoms with E-state index in [-0.39, 0.29) is 36.2 Å². The Morgan fingerprint density at radius 1 is 1.10 bits per heavy atom. The van der Waals surface area contributed by atoms with Crippen molar-refractivity contribution in [3.8, 4) is 0 Å². The average Bonchev–Trinajstić information content (AvgIpc) is 3.56. The summed E-state index contributed by atoms with van der Waals surface area (Å²) in [7, 11) is -4.34. The number of aromatic nitrogens is 1. The number of hydrogen-bond acceptors (Lipinski definition) is 8. The summed E-state index contributed by atoms with van der Waals surface area (Å²) >= 11 is 6.11. The predicted molar refractivity (Wildman–Crippen MR) is 193 cm³/mol. The number of hydrogen-bond donors (Lipinski definition) is 4. The van der Waals surface area contributed by atoms with Crippen molar-refractivity contribution in [2.45, 2.75) is 75.7 Å². The minimum absolute atomic E-state index is 0.0545. The van der Waals surface area contributed by atoms with Crippen LogP contribution in [0.5, 0.6) is 0 Å². The quantitative estimate of drug-likeness (QED) is 0.214. The normalized spacial score (nSPS) is 21.5. The van der Waals surface area contributed by atoms with Gasteiger partial charge in [0.1, 0.15) is 28.1 Å². The van der Waals surface area contributed by atoms with Gasteiger partial charge in [-0.1, -0.05) is 55.8 Å². The number of nitrogens with zero attached hydrogens (tertiary/aromatic N) is 2. The van der Waals surface area contributed by atoms with Gasteiger partial charge in [-0.25, -0.2) is 17.9 Å². The molecular weight excluding hydrogens is 696 g/mol. The van der Waals surface area contributed by atoms with Crippen LogP contribution in [-0.2, 0) is 35.7 Å². The molecule has 2 heterocycles. The molecule has 0 bridgehead atoms. The van der Waals surface area contributed by atoms with Crippen LogP contribution < -0.4 is 15.4 Å². The lowest BCUT2D eigenvalue weighted by Gasteiger charge is -2.42. The Hall–Kier alpha value is -4.40. The van der Waals surface area contributed by atoms with Crippen LogP contribution in [-0.4, -0.2) is 89.9 Å². The molecule has 2 fully saturated rings. The van der Waals surface area contributed by atoms with E-state index in [0.29, 0.717) is 29.0 Å². The molecule has 1 aliphatic heterocycles. The molecule has 0 spiro atoms. The number of ether oxygens (including phenoxy) is 1. The standard InChI is InChI=1S/C36H45ClN6O7S/c1-7-25-19-36(25,33(46)41-51(48,49)28-10-8-9-24-15-16-38-30(24)28)40-31(44)27-21-43(18-17-42(27)20-23-11-13-26(37)14-12-23)32(45)29(22(2)3)39-34(47)50-35(4,5)6/h7-16,22,25,27,29,38H,1,17-21H2,2-6H3,(H,39,47)(H,40,44)(H,41,46)/t25-,27+,29+,36-/m1/s1. The molecule has 4 atom stereocenters. The number of carbonyl (C=O) groups is 4. The van der Waals surface area contributed by atoms with E-state index in [1.807, 2.05) is 17.0 Å². The summed E-state index contributed by atoms with van der Waals surface area (Å²) in [5.41, 5.74) is -1.13. The Morgan fingerprint density at radius 2 is 1.80 bits per heavy atom. The molecule has 4 N–H and O–H groups in total. The highest BCUT2D eigenvalue weighted by Gasteiger charge is 2.61. The monoisotopic (exact) mass is 740 g/mol. The third-order valence-electron chi connectivity index (χ3n) is 9.13. The van der Waals surface area contributed by atoms with Crippen molar-refractivity contribution in [2.75, 3.05) is 19.6 Å². The van der Waals surface area contributed by atoms with Crippen molar-refractivity contribution >= 4 is 56.3 Å². The van der Waals surface area contributed by atoms with E-state index in [4.69, 9.17) is 16.3 Å². The molecule has 1 aliphatic carbocycles. The molecule has 3 aromatic rings. The van der Waals surface area contributed by atoms with Crippen LogP contribution in [0.1, 0.15) is 46.6 Å². The van der Waals surface area contributed by atoms with Crippen molar-refractivity contribution < 1.29 is 32.3 Å². The minimum atomic E-state index is -4.34. The third kappa shape index (κ3) is 8.57. The van der Waals surface area contributed by atoms with E-state index in [0.717, 1.165) is 5.56 Å². The molecule has 1 aromatic heterocycles. The largest absolute Gasteiger partial charge is 0.444 e. The highest BCUT2D eigenvalue weighted by Crippen LogP contribution is 2.45. The van der Waals surface area contributed by atoms with Gasteiger partial charge in [-0.05, 0) is 62.9 Å². The number of fused-ring (bicyclic) bond motifs is 1. The zero-order chi connectivity index (χ0) is 37.3. The topological polar surface area (TPSA) is 170 Å². The second kappa shape index (κ2) is 14.7. The molecule has 15 heteroatoms. The molecule has 0 radical (unpaired) electrons. The minimum Gasteiger partial charge on any atom is -0.444 e. The zero-order valence-corrected chi connectivity index (χ0v) is 30.9. The highest BCUT2D eigenvalue weighted by molar-refractivity contribution is 7.90. The van der Waals surface area contributed by atoms with E-state index in [9.17, 15) is 27.6 Å². The van der Waals surface area contributed by atoms with E-state index in [1.165, 1.54) is 17.0 Å². The Labute approximate surface area is 303 Å². The average molecular weight is 741 g/mol. The van der Waals surface area contributed by atoms with E-state index >= 15 is 0 Å². The molecule has 1 saturated carbocycles. The predicted octanol–water partition coefficient (Wildman–Crippen LogP) is 3.95. The number of carbonyl (C=O) groups excluding carboxylic acids is 4. The number of piperazine rings is 1. The van der Waals surface area contributed by atoms with Crippen molar-refractivity contribution in [1.29, 1.82) is 0 Å². The molecule has 2 aromatic carbocycles.